The molecule has 0 radical (unpaired) electrons. The number of anilines is 2. The van der Waals surface area contributed by atoms with E-state index in [0.29, 0.717) is 17.5 Å². The SMILES string of the molecule is Cc1noc(CNc2ccc([N+](=O)[O-])c(N)n2)n1. The van der Waals surface area contributed by atoms with Crippen LogP contribution in [0, 0.1) is 17.0 Å². The van der Waals surface area contributed by atoms with Gasteiger partial charge in [-0.3, -0.25) is 10.1 Å². The Bertz CT molecular complexity index is 581. The molecule has 0 atom stereocenters. The normalized spacial score (nSPS) is 10.3. The summed E-state index contributed by atoms with van der Waals surface area (Å²) in [7, 11) is 0. The maximum Gasteiger partial charge on any atom is 0.311 e. The summed E-state index contributed by atoms with van der Waals surface area (Å²) in [6.07, 6.45) is 0. The van der Waals surface area contributed by atoms with Crippen LogP contribution in [0.15, 0.2) is 16.7 Å². The summed E-state index contributed by atoms with van der Waals surface area (Å²) in [4.78, 5) is 17.8. The van der Waals surface area contributed by atoms with Gasteiger partial charge in [-0.25, -0.2) is 4.98 Å². The molecule has 0 aromatic carbocycles. The van der Waals surface area contributed by atoms with Crippen LogP contribution in [0.2, 0.25) is 0 Å². The highest BCUT2D eigenvalue weighted by Gasteiger charge is 2.13. The van der Waals surface area contributed by atoms with Crippen molar-refractivity contribution in [3.63, 3.8) is 0 Å². The molecule has 94 valence electrons. The minimum atomic E-state index is -0.590. The largest absolute Gasteiger partial charge is 0.378 e. The smallest absolute Gasteiger partial charge is 0.311 e. The van der Waals surface area contributed by atoms with Crippen molar-refractivity contribution in [2.75, 3.05) is 11.1 Å². The van der Waals surface area contributed by atoms with Gasteiger partial charge in [-0.1, -0.05) is 5.16 Å². The standard InChI is InChI=1S/C9H10N6O3/c1-5-12-8(18-14-5)4-11-7-3-2-6(15(16)17)9(10)13-7/h2-3H,4H2,1H3,(H3,10,11,13). The van der Waals surface area contributed by atoms with Crippen LogP contribution in [0.1, 0.15) is 11.7 Å². The lowest BCUT2D eigenvalue weighted by Crippen LogP contribution is -2.05. The van der Waals surface area contributed by atoms with Crippen LogP contribution in [-0.2, 0) is 6.54 Å². The van der Waals surface area contributed by atoms with Crippen LogP contribution in [0.25, 0.3) is 0 Å². The molecule has 0 amide bonds. The second kappa shape index (κ2) is 4.65. The van der Waals surface area contributed by atoms with E-state index in [9.17, 15) is 10.1 Å². The molecule has 0 bridgehead atoms. The summed E-state index contributed by atoms with van der Waals surface area (Å²) in [5.74, 6) is 1.18. The maximum absolute atomic E-state index is 10.5. The van der Waals surface area contributed by atoms with Gasteiger partial charge < -0.3 is 15.6 Å². The van der Waals surface area contributed by atoms with Crippen LogP contribution in [0.3, 0.4) is 0 Å². The highest BCUT2D eigenvalue weighted by Crippen LogP contribution is 2.20. The zero-order valence-corrected chi connectivity index (χ0v) is 9.45. The molecule has 9 nitrogen and oxygen atoms in total. The first-order valence-electron chi connectivity index (χ1n) is 5.00. The van der Waals surface area contributed by atoms with Gasteiger partial charge in [0, 0.05) is 6.07 Å². The second-order valence-corrected chi connectivity index (χ2v) is 3.45. The van der Waals surface area contributed by atoms with Crippen molar-refractivity contribution in [3.05, 3.63) is 34.0 Å². The molecule has 3 N–H and O–H groups in total. The molecule has 0 unspecified atom stereocenters. The van der Waals surface area contributed by atoms with Crippen molar-refractivity contribution in [2.24, 2.45) is 0 Å². The molecular formula is C9H10N6O3. The van der Waals surface area contributed by atoms with E-state index in [4.69, 9.17) is 10.3 Å². The third kappa shape index (κ3) is 2.51. The average molecular weight is 250 g/mol. The summed E-state index contributed by atoms with van der Waals surface area (Å²) in [6.45, 7) is 1.97. The summed E-state index contributed by atoms with van der Waals surface area (Å²) >= 11 is 0. The number of aromatic nitrogens is 3. The molecule has 0 saturated heterocycles. The van der Waals surface area contributed by atoms with E-state index in [2.05, 4.69) is 20.4 Å². The van der Waals surface area contributed by atoms with Crippen LogP contribution < -0.4 is 11.1 Å². The van der Waals surface area contributed by atoms with Gasteiger partial charge >= 0.3 is 5.69 Å². The first-order valence-corrected chi connectivity index (χ1v) is 5.00. The van der Waals surface area contributed by atoms with Gasteiger partial charge in [0.25, 0.3) is 0 Å². The molecule has 0 aliphatic carbocycles. The van der Waals surface area contributed by atoms with E-state index in [1.54, 1.807) is 6.92 Å². The Morgan fingerprint density at radius 2 is 2.28 bits per heavy atom. The van der Waals surface area contributed by atoms with Crippen LogP contribution >= 0.6 is 0 Å². The topological polar surface area (TPSA) is 133 Å². The zero-order valence-electron chi connectivity index (χ0n) is 9.45. The fourth-order valence-corrected chi connectivity index (χ4v) is 1.30. The van der Waals surface area contributed by atoms with Gasteiger partial charge in [0.15, 0.2) is 5.82 Å². The predicted octanol–water partition coefficient (Wildman–Crippen LogP) is 0.876. The number of nitrogens with zero attached hydrogens (tertiary/aromatic N) is 4. The highest BCUT2D eigenvalue weighted by molar-refractivity contribution is 5.57. The van der Waals surface area contributed by atoms with E-state index in [1.165, 1.54) is 12.1 Å². The number of rotatable bonds is 4. The third-order valence-corrected chi connectivity index (χ3v) is 2.09. The quantitative estimate of drug-likeness (QED) is 0.603. The Kier molecular flexibility index (Phi) is 3.04. The maximum atomic E-state index is 10.5. The van der Waals surface area contributed by atoms with Crippen LogP contribution in [0.4, 0.5) is 17.3 Å². The molecular weight excluding hydrogens is 240 g/mol. The summed E-state index contributed by atoms with van der Waals surface area (Å²) in [6, 6.07) is 2.74. The summed E-state index contributed by atoms with van der Waals surface area (Å²) in [5, 5.41) is 17.0. The number of pyridine rings is 1. The number of hydrogen-bond acceptors (Lipinski definition) is 8. The van der Waals surface area contributed by atoms with Gasteiger partial charge in [0.1, 0.15) is 5.82 Å². The van der Waals surface area contributed by atoms with Gasteiger partial charge in [0.05, 0.1) is 11.5 Å². The Labute approximate surface area is 101 Å². The number of nitro groups is 1. The number of aryl methyl sites for hydroxylation is 1. The number of nitrogens with one attached hydrogen (secondary N) is 1. The predicted molar refractivity (Wildman–Crippen MR) is 61.7 cm³/mol. The molecule has 2 aromatic rings. The number of nitrogen functional groups attached to an aromatic ring is 1. The molecule has 2 heterocycles. The van der Waals surface area contributed by atoms with Crippen molar-refractivity contribution < 1.29 is 9.45 Å². The highest BCUT2D eigenvalue weighted by atomic mass is 16.6. The lowest BCUT2D eigenvalue weighted by atomic mass is 10.4. The van der Waals surface area contributed by atoms with Crippen LogP contribution in [0.5, 0.6) is 0 Å². The number of hydrogen-bond donors (Lipinski definition) is 2. The molecule has 0 spiro atoms. The Morgan fingerprint density at radius 1 is 1.50 bits per heavy atom. The Balaban J connectivity index is 2.06. The number of nitrogens with two attached hydrogens (primary N) is 1. The third-order valence-electron chi connectivity index (χ3n) is 2.09. The Morgan fingerprint density at radius 3 is 2.83 bits per heavy atom. The molecule has 0 saturated carbocycles. The van der Waals surface area contributed by atoms with Gasteiger partial charge in [0.2, 0.25) is 11.7 Å². The average Bonchev–Trinajstić information content (AvgIpc) is 2.72. The molecule has 18 heavy (non-hydrogen) atoms. The van der Waals surface area contributed by atoms with Crippen molar-refractivity contribution >= 4 is 17.3 Å². The first kappa shape index (κ1) is 11.8. The monoisotopic (exact) mass is 250 g/mol. The fourth-order valence-electron chi connectivity index (χ4n) is 1.30. The van der Waals surface area contributed by atoms with Crippen molar-refractivity contribution in [2.45, 2.75) is 13.5 Å². The zero-order chi connectivity index (χ0) is 13.1. The molecule has 0 fully saturated rings. The van der Waals surface area contributed by atoms with Gasteiger partial charge in [-0.05, 0) is 13.0 Å². The lowest BCUT2D eigenvalue weighted by molar-refractivity contribution is -0.384. The molecule has 0 aliphatic rings. The van der Waals surface area contributed by atoms with Crippen molar-refractivity contribution in [1.82, 2.24) is 15.1 Å². The van der Waals surface area contributed by atoms with E-state index in [0.717, 1.165) is 0 Å². The van der Waals surface area contributed by atoms with Crippen molar-refractivity contribution in [1.29, 1.82) is 0 Å². The minimum absolute atomic E-state index is 0.147. The second-order valence-electron chi connectivity index (χ2n) is 3.45. The molecule has 0 aliphatic heterocycles. The fraction of sp³-hybridized carbons (Fsp3) is 0.222. The molecule has 2 aromatic heterocycles. The lowest BCUT2D eigenvalue weighted by Gasteiger charge is -2.03. The first-order chi connectivity index (χ1) is 8.56. The van der Waals surface area contributed by atoms with Gasteiger partial charge in [-0.15, -0.1) is 0 Å². The van der Waals surface area contributed by atoms with E-state index in [1.807, 2.05) is 0 Å². The Hall–Kier alpha value is -2.71. The van der Waals surface area contributed by atoms with E-state index < -0.39 is 4.92 Å². The minimum Gasteiger partial charge on any atom is -0.378 e. The van der Waals surface area contributed by atoms with E-state index in [-0.39, 0.29) is 18.1 Å². The van der Waals surface area contributed by atoms with Gasteiger partial charge in [-0.2, -0.15) is 4.98 Å². The van der Waals surface area contributed by atoms with E-state index >= 15 is 0 Å². The summed E-state index contributed by atoms with van der Waals surface area (Å²) < 4.78 is 4.89. The van der Waals surface area contributed by atoms with Crippen LogP contribution in [-0.4, -0.2) is 20.0 Å². The summed E-state index contributed by atoms with van der Waals surface area (Å²) in [5.41, 5.74) is 5.22. The van der Waals surface area contributed by atoms with Crippen molar-refractivity contribution in [3.8, 4) is 0 Å². The molecule has 2 rings (SSSR count). The molecule has 9 heteroatoms.